The maximum Gasteiger partial charge on any atom is 0.175 e. The van der Waals surface area contributed by atoms with E-state index in [-0.39, 0.29) is 5.38 Å². The summed E-state index contributed by atoms with van der Waals surface area (Å²) < 4.78 is 24.3. The topological polar surface area (TPSA) is 64.8 Å². The first-order chi connectivity index (χ1) is 8.86. The lowest BCUT2D eigenvalue weighted by atomic mass is 10.2. The highest BCUT2D eigenvalue weighted by atomic mass is 35.5. The molecule has 1 aromatic heterocycles. The minimum Gasteiger partial charge on any atom is -0.248 e. The summed E-state index contributed by atoms with van der Waals surface area (Å²) in [4.78, 5) is 0.310. The van der Waals surface area contributed by atoms with Gasteiger partial charge in [-0.05, 0) is 24.6 Å². The maximum absolute atomic E-state index is 11.3. The molecule has 0 bridgehead atoms. The molecule has 0 amide bonds. The summed E-state index contributed by atoms with van der Waals surface area (Å²) in [5, 5.41) is 7.74. The second-order valence-electron chi connectivity index (χ2n) is 4.37. The number of nitrogens with zero attached hydrogens (tertiary/aromatic N) is 3. The van der Waals surface area contributed by atoms with E-state index < -0.39 is 9.84 Å². The lowest BCUT2D eigenvalue weighted by molar-refractivity contribution is 0.601. The standard InChI is InChI=1S/C12H14ClN3O2S/c1-9(13)12-8-16(15-14-12)7-10-3-5-11(6-4-10)19(2,17)18/h3-6,8-9H,7H2,1-2H3. The van der Waals surface area contributed by atoms with Gasteiger partial charge in [0.1, 0.15) is 5.69 Å². The molecule has 1 unspecified atom stereocenters. The number of rotatable bonds is 4. The third kappa shape index (κ3) is 3.54. The van der Waals surface area contributed by atoms with E-state index in [2.05, 4.69) is 10.3 Å². The molecule has 0 aliphatic heterocycles. The number of alkyl halides is 1. The molecule has 2 aromatic rings. The zero-order chi connectivity index (χ0) is 14.0. The van der Waals surface area contributed by atoms with Gasteiger partial charge in [-0.15, -0.1) is 16.7 Å². The van der Waals surface area contributed by atoms with Crippen molar-refractivity contribution < 1.29 is 8.42 Å². The lowest BCUT2D eigenvalue weighted by Crippen LogP contribution is -2.02. The summed E-state index contributed by atoms with van der Waals surface area (Å²) in [5.74, 6) is 0. The average molecular weight is 300 g/mol. The molecule has 1 atom stereocenters. The van der Waals surface area contributed by atoms with E-state index >= 15 is 0 Å². The molecule has 0 saturated heterocycles. The van der Waals surface area contributed by atoms with E-state index in [0.717, 1.165) is 11.3 Å². The highest BCUT2D eigenvalue weighted by Crippen LogP contribution is 2.16. The molecule has 0 fully saturated rings. The summed E-state index contributed by atoms with van der Waals surface area (Å²) in [6, 6.07) is 6.71. The summed E-state index contributed by atoms with van der Waals surface area (Å²) >= 11 is 5.91. The molecule has 0 aliphatic carbocycles. The van der Waals surface area contributed by atoms with Crippen LogP contribution in [0.2, 0.25) is 0 Å². The molecule has 1 heterocycles. The van der Waals surface area contributed by atoms with Gasteiger partial charge in [0.15, 0.2) is 9.84 Å². The van der Waals surface area contributed by atoms with Crippen LogP contribution in [0.3, 0.4) is 0 Å². The molecule has 5 nitrogen and oxygen atoms in total. The number of hydrogen-bond donors (Lipinski definition) is 0. The number of hydrogen-bond acceptors (Lipinski definition) is 4. The van der Waals surface area contributed by atoms with Gasteiger partial charge in [0, 0.05) is 6.26 Å². The van der Waals surface area contributed by atoms with Gasteiger partial charge in [0.25, 0.3) is 0 Å². The molecular weight excluding hydrogens is 286 g/mol. The van der Waals surface area contributed by atoms with E-state index in [1.807, 2.05) is 6.92 Å². The number of sulfone groups is 1. The largest absolute Gasteiger partial charge is 0.248 e. The molecule has 0 saturated carbocycles. The third-order valence-electron chi connectivity index (χ3n) is 2.66. The zero-order valence-electron chi connectivity index (χ0n) is 10.6. The van der Waals surface area contributed by atoms with Gasteiger partial charge in [-0.25, -0.2) is 13.1 Å². The Bertz CT molecular complexity index is 663. The molecule has 19 heavy (non-hydrogen) atoms. The molecule has 0 N–H and O–H groups in total. The molecule has 0 spiro atoms. The van der Waals surface area contributed by atoms with Gasteiger partial charge in [0.2, 0.25) is 0 Å². The van der Waals surface area contributed by atoms with Gasteiger partial charge < -0.3 is 0 Å². The van der Waals surface area contributed by atoms with E-state index in [1.54, 1.807) is 35.1 Å². The molecular formula is C12H14ClN3O2S. The van der Waals surface area contributed by atoms with Crippen LogP contribution >= 0.6 is 11.6 Å². The molecule has 2 rings (SSSR count). The predicted molar refractivity (Wildman–Crippen MR) is 72.9 cm³/mol. The van der Waals surface area contributed by atoms with Crippen LogP contribution in [0, 0.1) is 0 Å². The van der Waals surface area contributed by atoms with Crippen LogP contribution in [0.15, 0.2) is 35.4 Å². The van der Waals surface area contributed by atoms with Gasteiger partial charge in [-0.2, -0.15) is 0 Å². The van der Waals surface area contributed by atoms with Crippen molar-refractivity contribution in [3.63, 3.8) is 0 Å². The predicted octanol–water partition coefficient (Wildman–Crippen LogP) is 2.03. The normalized spacial score (nSPS) is 13.4. The number of benzene rings is 1. The summed E-state index contributed by atoms with van der Waals surface area (Å²) in [6.07, 6.45) is 2.97. The highest BCUT2D eigenvalue weighted by Gasteiger charge is 2.08. The Morgan fingerprint density at radius 2 is 1.95 bits per heavy atom. The molecule has 102 valence electrons. The Kier molecular flexibility index (Phi) is 3.91. The van der Waals surface area contributed by atoms with Gasteiger partial charge in [-0.1, -0.05) is 17.3 Å². The molecule has 7 heteroatoms. The highest BCUT2D eigenvalue weighted by molar-refractivity contribution is 7.90. The third-order valence-corrected chi connectivity index (χ3v) is 4.01. The fraction of sp³-hybridized carbons (Fsp3) is 0.333. The number of halogens is 1. The Morgan fingerprint density at radius 1 is 1.32 bits per heavy atom. The number of aromatic nitrogens is 3. The minimum absolute atomic E-state index is 0.179. The second kappa shape index (κ2) is 5.30. The fourth-order valence-corrected chi connectivity index (χ4v) is 2.33. The zero-order valence-corrected chi connectivity index (χ0v) is 12.2. The minimum atomic E-state index is -3.15. The first-order valence-corrected chi connectivity index (χ1v) is 8.02. The van der Waals surface area contributed by atoms with Crippen molar-refractivity contribution in [3.05, 3.63) is 41.7 Å². The van der Waals surface area contributed by atoms with Crippen LogP contribution in [-0.4, -0.2) is 29.7 Å². The Labute approximate surface area is 117 Å². The maximum atomic E-state index is 11.3. The molecule has 1 aromatic carbocycles. The van der Waals surface area contributed by atoms with Crippen molar-refractivity contribution in [2.24, 2.45) is 0 Å². The van der Waals surface area contributed by atoms with Gasteiger partial charge in [0.05, 0.1) is 23.0 Å². The quantitative estimate of drug-likeness (QED) is 0.810. The monoisotopic (exact) mass is 299 g/mol. The molecule has 0 radical (unpaired) electrons. The van der Waals surface area contributed by atoms with Crippen molar-refractivity contribution in [1.82, 2.24) is 15.0 Å². The summed E-state index contributed by atoms with van der Waals surface area (Å²) in [7, 11) is -3.15. The Morgan fingerprint density at radius 3 is 2.42 bits per heavy atom. The summed E-state index contributed by atoms with van der Waals surface area (Å²) in [5.41, 5.74) is 1.67. The van der Waals surface area contributed by atoms with Crippen LogP contribution < -0.4 is 0 Å². The smallest absolute Gasteiger partial charge is 0.175 e. The van der Waals surface area contributed by atoms with Crippen LogP contribution in [-0.2, 0) is 16.4 Å². The average Bonchev–Trinajstić information content (AvgIpc) is 2.77. The van der Waals surface area contributed by atoms with Crippen molar-refractivity contribution >= 4 is 21.4 Å². The van der Waals surface area contributed by atoms with Crippen LogP contribution in [0.5, 0.6) is 0 Å². The van der Waals surface area contributed by atoms with E-state index in [0.29, 0.717) is 11.4 Å². The second-order valence-corrected chi connectivity index (χ2v) is 7.04. The van der Waals surface area contributed by atoms with E-state index in [9.17, 15) is 8.42 Å². The fourth-order valence-electron chi connectivity index (χ4n) is 1.60. The summed E-state index contributed by atoms with van der Waals surface area (Å²) in [6.45, 7) is 2.36. The van der Waals surface area contributed by atoms with Crippen molar-refractivity contribution in [2.45, 2.75) is 23.7 Å². The Hall–Kier alpha value is -1.40. The van der Waals surface area contributed by atoms with Crippen LogP contribution in [0.1, 0.15) is 23.6 Å². The van der Waals surface area contributed by atoms with Crippen molar-refractivity contribution in [3.8, 4) is 0 Å². The van der Waals surface area contributed by atoms with Gasteiger partial charge >= 0.3 is 0 Å². The Balaban J connectivity index is 2.15. The van der Waals surface area contributed by atoms with Crippen LogP contribution in [0.25, 0.3) is 0 Å². The first kappa shape index (κ1) is 14.0. The van der Waals surface area contributed by atoms with Crippen molar-refractivity contribution in [1.29, 1.82) is 0 Å². The SMILES string of the molecule is CC(Cl)c1cn(Cc2ccc(S(C)(=O)=O)cc2)nn1. The first-order valence-electron chi connectivity index (χ1n) is 5.69. The van der Waals surface area contributed by atoms with Crippen LogP contribution in [0.4, 0.5) is 0 Å². The molecule has 0 aliphatic rings. The van der Waals surface area contributed by atoms with Crippen molar-refractivity contribution in [2.75, 3.05) is 6.26 Å². The van der Waals surface area contributed by atoms with E-state index in [4.69, 9.17) is 11.6 Å². The lowest BCUT2D eigenvalue weighted by Gasteiger charge is -2.02. The van der Waals surface area contributed by atoms with Gasteiger partial charge in [-0.3, -0.25) is 0 Å². The van der Waals surface area contributed by atoms with E-state index in [1.165, 1.54) is 6.26 Å².